The van der Waals surface area contributed by atoms with Gasteiger partial charge in [0.2, 0.25) is 10.0 Å². The second-order valence-corrected chi connectivity index (χ2v) is 7.20. The summed E-state index contributed by atoms with van der Waals surface area (Å²) in [5.74, 6) is 0. The Bertz CT molecular complexity index is 597. The highest BCUT2D eigenvalue weighted by atomic mass is 79.9. The summed E-state index contributed by atoms with van der Waals surface area (Å²) in [6, 6.07) is 5.17. The van der Waals surface area contributed by atoms with Crippen LogP contribution in [0, 0.1) is 6.92 Å². The van der Waals surface area contributed by atoms with Crippen LogP contribution in [0.25, 0.3) is 0 Å². The van der Waals surface area contributed by atoms with E-state index in [0.717, 1.165) is 35.1 Å². The highest BCUT2D eigenvalue weighted by Crippen LogP contribution is 2.20. The zero-order chi connectivity index (χ0) is 13.9. The highest BCUT2D eigenvalue weighted by molar-refractivity contribution is 9.10. The number of rotatable bonds is 4. The fourth-order valence-electron chi connectivity index (χ4n) is 2.01. The van der Waals surface area contributed by atoms with Crippen LogP contribution in [0.15, 0.2) is 39.2 Å². The maximum atomic E-state index is 12.2. The molecule has 0 saturated heterocycles. The molecule has 19 heavy (non-hydrogen) atoms. The number of benzene rings is 1. The van der Waals surface area contributed by atoms with Crippen LogP contribution in [0.5, 0.6) is 0 Å². The Balaban J connectivity index is 2.11. The van der Waals surface area contributed by atoms with Crippen LogP contribution >= 0.6 is 15.9 Å². The van der Waals surface area contributed by atoms with Crippen molar-refractivity contribution >= 4 is 26.0 Å². The summed E-state index contributed by atoms with van der Waals surface area (Å²) in [6.45, 7) is 3.90. The van der Waals surface area contributed by atoms with Crippen LogP contribution in [0.3, 0.4) is 0 Å². The minimum absolute atomic E-state index is 0.338. The van der Waals surface area contributed by atoms with Gasteiger partial charge in [-0.2, -0.15) is 0 Å². The van der Waals surface area contributed by atoms with Gasteiger partial charge in [-0.15, -0.1) is 0 Å². The molecule has 0 aliphatic carbocycles. The van der Waals surface area contributed by atoms with E-state index in [9.17, 15) is 8.42 Å². The number of halogens is 1. The van der Waals surface area contributed by atoms with Crippen molar-refractivity contribution in [2.24, 2.45) is 0 Å². The molecule has 0 aromatic heterocycles. The molecule has 1 aliphatic heterocycles. The number of hydrogen-bond donors (Lipinski definition) is 2. The molecule has 2 N–H and O–H groups in total. The van der Waals surface area contributed by atoms with E-state index in [2.05, 4.69) is 26.0 Å². The third kappa shape index (κ3) is 3.89. The molecule has 104 valence electrons. The van der Waals surface area contributed by atoms with E-state index in [4.69, 9.17) is 0 Å². The smallest absolute Gasteiger partial charge is 0.241 e. The maximum absolute atomic E-state index is 12.2. The van der Waals surface area contributed by atoms with E-state index in [1.165, 1.54) is 0 Å². The second kappa shape index (κ2) is 6.17. The van der Waals surface area contributed by atoms with E-state index < -0.39 is 10.0 Å². The predicted octanol–water partition coefficient (Wildman–Crippen LogP) is 1.96. The summed E-state index contributed by atoms with van der Waals surface area (Å²) in [5.41, 5.74) is 1.87. The third-order valence-electron chi connectivity index (χ3n) is 3.07. The first kappa shape index (κ1) is 14.7. The van der Waals surface area contributed by atoms with E-state index in [1.807, 2.05) is 6.08 Å². The second-order valence-electron chi connectivity index (χ2n) is 4.55. The van der Waals surface area contributed by atoms with E-state index in [-0.39, 0.29) is 0 Å². The Morgan fingerprint density at radius 1 is 1.42 bits per heavy atom. The van der Waals surface area contributed by atoms with E-state index in [1.54, 1.807) is 25.1 Å². The minimum Gasteiger partial charge on any atom is -0.313 e. The Kier molecular flexibility index (Phi) is 4.78. The molecule has 0 bridgehead atoms. The van der Waals surface area contributed by atoms with Crippen LogP contribution in [0.1, 0.15) is 12.0 Å². The molecular formula is C13H17BrN2O2S. The molecule has 0 saturated carbocycles. The van der Waals surface area contributed by atoms with Gasteiger partial charge in [-0.1, -0.05) is 27.6 Å². The van der Waals surface area contributed by atoms with Gasteiger partial charge in [0.15, 0.2) is 0 Å². The standard InChI is InChI=1S/C13H17BrN2O2S/c1-10-8-12(14)2-3-13(10)19(17,18)16-9-11-4-6-15-7-5-11/h2-4,8,15-16H,5-7,9H2,1H3. The monoisotopic (exact) mass is 344 g/mol. The van der Waals surface area contributed by atoms with Crippen molar-refractivity contribution in [1.29, 1.82) is 0 Å². The van der Waals surface area contributed by atoms with Gasteiger partial charge in [-0.3, -0.25) is 0 Å². The summed E-state index contributed by atoms with van der Waals surface area (Å²) in [4.78, 5) is 0.338. The Morgan fingerprint density at radius 3 is 2.84 bits per heavy atom. The third-order valence-corrected chi connectivity index (χ3v) is 5.13. The Morgan fingerprint density at radius 2 is 2.21 bits per heavy atom. The zero-order valence-corrected chi connectivity index (χ0v) is 13.1. The largest absolute Gasteiger partial charge is 0.313 e. The minimum atomic E-state index is -3.44. The van der Waals surface area contributed by atoms with Gasteiger partial charge in [0.05, 0.1) is 4.90 Å². The summed E-state index contributed by atoms with van der Waals surface area (Å²) in [6.07, 6.45) is 2.93. The molecule has 6 heteroatoms. The average molecular weight is 345 g/mol. The fourth-order valence-corrected chi connectivity index (χ4v) is 3.75. The lowest BCUT2D eigenvalue weighted by atomic mass is 10.1. The summed E-state index contributed by atoms with van der Waals surface area (Å²) in [7, 11) is -3.44. The zero-order valence-electron chi connectivity index (χ0n) is 10.7. The van der Waals surface area contributed by atoms with Gasteiger partial charge in [0.1, 0.15) is 0 Å². The number of aryl methyl sites for hydroxylation is 1. The van der Waals surface area contributed by atoms with Gasteiger partial charge >= 0.3 is 0 Å². The molecule has 0 spiro atoms. The number of hydrogen-bond acceptors (Lipinski definition) is 3. The first-order chi connectivity index (χ1) is 8.99. The lowest BCUT2D eigenvalue weighted by molar-refractivity contribution is 0.581. The van der Waals surface area contributed by atoms with Crippen molar-refractivity contribution in [2.75, 3.05) is 19.6 Å². The number of sulfonamides is 1. The van der Waals surface area contributed by atoms with Crippen molar-refractivity contribution in [1.82, 2.24) is 10.0 Å². The molecule has 2 rings (SSSR count). The highest BCUT2D eigenvalue weighted by Gasteiger charge is 2.17. The van der Waals surface area contributed by atoms with Crippen LogP contribution in [0.2, 0.25) is 0 Å². The van der Waals surface area contributed by atoms with Crippen molar-refractivity contribution in [3.63, 3.8) is 0 Å². The van der Waals surface area contributed by atoms with Crippen molar-refractivity contribution in [2.45, 2.75) is 18.2 Å². The summed E-state index contributed by atoms with van der Waals surface area (Å²) < 4.78 is 28.0. The lowest BCUT2D eigenvalue weighted by Crippen LogP contribution is -2.30. The Labute approximate surface area is 122 Å². The summed E-state index contributed by atoms with van der Waals surface area (Å²) in [5, 5.41) is 3.20. The van der Waals surface area contributed by atoms with Gasteiger partial charge in [-0.05, 0) is 43.7 Å². The quantitative estimate of drug-likeness (QED) is 0.821. The van der Waals surface area contributed by atoms with Gasteiger partial charge in [0.25, 0.3) is 0 Å². The molecular weight excluding hydrogens is 328 g/mol. The van der Waals surface area contributed by atoms with Crippen LogP contribution in [-0.2, 0) is 10.0 Å². The fraction of sp³-hybridized carbons (Fsp3) is 0.385. The SMILES string of the molecule is Cc1cc(Br)ccc1S(=O)(=O)NCC1=CCNCC1. The molecule has 0 fully saturated rings. The van der Waals surface area contributed by atoms with Crippen LogP contribution < -0.4 is 10.0 Å². The van der Waals surface area contributed by atoms with Gasteiger partial charge < -0.3 is 5.32 Å². The average Bonchev–Trinajstić information content (AvgIpc) is 2.37. The molecule has 1 heterocycles. The van der Waals surface area contributed by atoms with Gasteiger partial charge in [0, 0.05) is 17.6 Å². The van der Waals surface area contributed by atoms with Crippen LogP contribution in [-0.4, -0.2) is 28.1 Å². The number of nitrogens with one attached hydrogen (secondary N) is 2. The molecule has 1 aliphatic rings. The van der Waals surface area contributed by atoms with Gasteiger partial charge in [-0.25, -0.2) is 13.1 Å². The van der Waals surface area contributed by atoms with Crippen molar-refractivity contribution < 1.29 is 8.42 Å². The summed E-state index contributed by atoms with van der Waals surface area (Å²) >= 11 is 3.33. The van der Waals surface area contributed by atoms with Crippen LogP contribution in [0.4, 0.5) is 0 Å². The first-order valence-corrected chi connectivity index (χ1v) is 8.41. The predicted molar refractivity (Wildman–Crippen MR) is 79.6 cm³/mol. The lowest BCUT2D eigenvalue weighted by Gasteiger charge is -2.15. The van der Waals surface area contributed by atoms with E-state index in [0.29, 0.717) is 11.4 Å². The molecule has 0 unspecified atom stereocenters. The molecule has 0 atom stereocenters. The molecule has 1 aromatic carbocycles. The molecule has 0 radical (unpaired) electrons. The molecule has 1 aromatic rings. The van der Waals surface area contributed by atoms with Crippen molar-refractivity contribution in [3.8, 4) is 0 Å². The topological polar surface area (TPSA) is 58.2 Å². The Hall–Kier alpha value is -0.690. The maximum Gasteiger partial charge on any atom is 0.241 e. The van der Waals surface area contributed by atoms with E-state index >= 15 is 0 Å². The first-order valence-electron chi connectivity index (χ1n) is 6.13. The molecule has 0 amide bonds. The molecule has 4 nitrogen and oxygen atoms in total. The normalized spacial score (nSPS) is 16.2. The van der Waals surface area contributed by atoms with Crippen molar-refractivity contribution in [3.05, 3.63) is 39.9 Å².